The second-order valence-corrected chi connectivity index (χ2v) is 5.42. The van der Waals surface area contributed by atoms with E-state index in [0.717, 1.165) is 30.4 Å². The van der Waals surface area contributed by atoms with E-state index in [-0.39, 0.29) is 11.5 Å². The quantitative estimate of drug-likeness (QED) is 0.791. The third kappa shape index (κ3) is 3.68. The summed E-state index contributed by atoms with van der Waals surface area (Å²) >= 11 is 3.26. The summed E-state index contributed by atoms with van der Waals surface area (Å²) < 4.78 is 0.735. The zero-order valence-corrected chi connectivity index (χ0v) is 11.5. The summed E-state index contributed by atoms with van der Waals surface area (Å²) in [6.45, 7) is 1.94. The van der Waals surface area contributed by atoms with E-state index < -0.39 is 0 Å². The Balaban J connectivity index is 1.94. The molecule has 1 amide bonds. The number of anilines is 1. The SMILES string of the molecule is O=C(CC1CCNCC1)Nc1cc(Br)c[nH]c1=O. The Morgan fingerprint density at radius 3 is 2.89 bits per heavy atom. The normalized spacial score (nSPS) is 16.5. The molecule has 1 aromatic rings. The molecule has 0 aromatic carbocycles. The minimum atomic E-state index is -0.281. The number of hydrogen-bond acceptors (Lipinski definition) is 3. The molecule has 1 aliphatic heterocycles. The van der Waals surface area contributed by atoms with Crippen LogP contribution in [0.25, 0.3) is 0 Å². The topological polar surface area (TPSA) is 74.0 Å². The minimum absolute atomic E-state index is 0.0921. The summed E-state index contributed by atoms with van der Waals surface area (Å²) in [6.07, 6.45) is 4.06. The average molecular weight is 314 g/mol. The molecule has 5 nitrogen and oxygen atoms in total. The van der Waals surface area contributed by atoms with Crippen molar-refractivity contribution in [3.63, 3.8) is 0 Å². The molecule has 3 N–H and O–H groups in total. The summed E-state index contributed by atoms with van der Waals surface area (Å²) in [5.41, 5.74) is 0.0140. The second kappa shape index (κ2) is 6.15. The number of rotatable bonds is 3. The molecule has 0 aliphatic carbocycles. The highest BCUT2D eigenvalue weighted by molar-refractivity contribution is 9.10. The van der Waals surface area contributed by atoms with Gasteiger partial charge in [0.2, 0.25) is 5.91 Å². The summed E-state index contributed by atoms with van der Waals surface area (Å²) in [6, 6.07) is 1.61. The predicted octanol–water partition coefficient (Wildman–Crippen LogP) is 1.47. The van der Waals surface area contributed by atoms with Crippen LogP contribution in [0.2, 0.25) is 0 Å². The van der Waals surface area contributed by atoms with E-state index in [1.54, 1.807) is 12.3 Å². The number of hydrogen-bond donors (Lipinski definition) is 3. The zero-order chi connectivity index (χ0) is 13.0. The van der Waals surface area contributed by atoms with E-state index in [2.05, 4.69) is 31.5 Å². The molecule has 0 radical (unpaired) electrons. The average Bonchev–Trinajstić information content (AvgIpc) is 2.35. The van der Waals surface area contributed by atoms with Crippen LogP contribution in [0.1, 0.15) is 19.3 Å². The maximum absolute atomic E-state index is 11.8. The van der Waals surface area contributed by atoms with Gasteiger partial charge in [-0.2, -0.15) is 0 Å². The van der Waals surface area contributed by atoms with Crippen LogP contribution < -0.4 is 16.2 Å². The van der Waals surface area contributed by atoms with Gasteiger partial charge < -0.3 is 15.6 Å². The van der Waals surface area contributed by atoms with Gasteiger partial charge in [0, 0.05) is 17.1 Å². The highest BCUT2D eigenvalue weighted by atomic mass is 79.9. The largest absolute Gasteiger partial charge is 0.326 e. The summed E-state index contributed by atoms with van der Waals surface area (Å²) in [7, 11) is 0. The van der Waals surface area contributed by atoms with Crippen molar-refractivity contribution in [2.24, 2.45) is 5.92 Å². The molecular weight excluding hydrogens is 298 g/mol. The number of piperidine rings is 1. The molecule has 0 saturated carbocycles. The maximum Gasteiger partial charge on any atom is 0.271 e. The van der Waals surface area contributed by atoms with Gasteiger partial charge in [-0.05, 0) is 53.8 Å². The maximum atomic E-state index is 11.8. The van der Waals surface area contributed by atoms with E-state index in [4.69, 9.17) is 0 Å². The molecule has 0 spiro atoms. The lowest BCUT2D eigenvalue weighted by Crippen LogP contribution is -2.30. The molecule has 1 fully saturated rings. The smallest absolute Gasteiger partial charge is 0.271 e. The molecule has 6 heteroatoms. The Morgan fingerprint density at radius 2 is 2.17 bits per heavy atom. The van der Waals surface area contributed by atoms with Crippen LogP contribution in [0.15, 0.2) is 21.5 Å². The molecule has 98 valence electrons. The zero-order valence-electron chi connectivity index (χ0n) is 9.96. The van der Waals surface area contributed by atoms with E-state index in [1.165, 1.54) is 0 Å². The first-order valence-corrected chi connectivity index (χ1v) is 6.83. The van der Waals surface area contributed by atoms with Gasteiger partial charge in [0.05, 0.1) is 0 Å². The molecule has 2 heterocycles. The summed E-state index contributed by atoms with van der Waals surface area (Å²) in [5.74, 6) is 0.322. The number of carbonyl (C=O) groups is 1. The Morgan fingerprint density at radius 1 is 1.44 bits per heavy atom. The molecule has 0 unspecified atom stereocenters. The number of H-pyrrole nitrogens is 1. The molecule has 1 saturated heterocycles. The fourth-order valence-electron chi connectivity index (χ4n) is 2.10. The van der Waals surface area contributed by atoms with Crippen LogP contribution in [0.4, 0.5) is 5.69 Å². The van der Waals surface area contributed by atoms with Gasteiger partial charge in [0.25, 0.3) is 5.56 Å². The Bertz CT molecular complexity index is 480. The number of amides is 1. The van der Waals surface area contributed by atoms with E-state index >= 15 is 0 Å². The third-order valence-electron chi connectivity index (χ3n) is 3.07. The fraction of sp³-hybridized carbons (Fsp3) is 0.500. The monoisotopic (exact) mass is 313 g/mol. The van der Waals surface area contributed by atoms with Crippen molar-refractivity contribution in [2.45, 2.75) is 19.3 Å². The van der Waals surface area contributed by atoms with Gasteiger partial charge in [-0.15, -0.1) is 0 Å². The van der Waals surface area contributed by atoms with Crippen LogP contribution in [0.5, 0.6) is 0 Å². The molecule has 2 rings (SSSR count). The van der Waals surface area contributed by atoms with Crippen molar-refractivity contribution in [2.75, 3.05) is 18.4 Å². The summed E-state index contributed by atoms with van der Waals surface area (Å²) in [4.78, 5) is 25.9. The standard InChI is InChI=1S/C12H16BrN3O2/c13-9-6-10(12(18)15-7-9)16-11(17)5-8-1-3-14-4-2-8/h6-8,14H,1-5H2,(H,15,18)(H,16,17). The van der Waals surface area contributed by atoms with Crippen molar-refractivity contribution in [3.05, 3.63) is 27.1 Å². The van der Waals surface area contributed by atoms with Gasteiger partial charge in [0.1, 0.15) is 5.69 Å². The van der Waals surface area contributed by atoms with Crippen LogP contribution >= 0.6 is 15.9 Å². The third-order valence-corrected chi connectivity index (χ3v) is 3.53. The minimum Gasteiger partial charge on any atom is -0.326 e. The van der Waals surface area contributed by atoms with Crippen LogP contribution in [0.3, 0.4) is 0 Å². The molecule has 0 atom stereocenters. The van der Waals surface area contributed by atoms with Crippen LogP contribution in [-0.4, -0.2) is 24.0 Å². The van der Waals surface area contributed by atoms with E-state index in [9.17, 15) is 9.59 Å². The van der Waals surface area contributed by atoms with E-state index in [0.29, 0.717) is 18.0 Å². The number of halogens is 1. The molecule has 1 aliphatic rings. The van der Waals surface area contributed by atoms with E-state index in [1.807, 2.05) is 0 Å². The van der Waals surface area contributed by atoms with Gasteiger partial charge in [0.15, 0.2) is 0 Å². The molecule has 0 bridgehead atoms. The second-order valence-electron chi connectivity index (χ2n) is 4.51. The van der Waals surface area contributed by atoms with Gasteiger partial charge in [-0.3, -0.25) is 9.59 Å². The van der Waals surface area contributed by atoms with Crippen LogP contribution in [0, 0.1) is 5.92 Å². The lowest BCUT2D eigenvalue weighted by Gasteiger charge is -2.21. The predicted molar refractivity (Wildman–Crippen MR) is 73.6 cm³/mol. The van der Waals surface area contributed by atoms with Crippen molar-refractivity contribution >= 4 is 27.5 Å². The van der Waals surface area contributed by atoms with Crippen molar-refractivity contribution < 1.29 is 4.79 Å². The summed E-state index contributed by atoms with van der Waals surface area (Å²) in [5, 5.41) is 5.93. The lowest BCUT2D eigenvalue weighted by atomic mass is 9.94. The molecular formula is C12H16BrN3O2. The number of aromatic nitrogens is 1. The molecule has 1 aromatic heterocycles. The first-order chi connectivity index (χ1) is 8.65. The number of aromatic amines is 1. The van der Waals surface area contributed by atoms with Gasteiger partial charge >= 0.3 is 0 Å². The fourth-order valence-corrected chi connectivity index (χ4v) is 2.44. The van der Waals surface area contributed by atoms with Crippen molar-refractivity contribution in [1.29, 1.82) is 0 Å². The highest BCUT2D eigenvalue weighted by Crippen LogP contribution is 2.17. The number of nitrogens with one attached hydrogen (secondary N) is 3. The molecule has 18 heavy (non-hydrogen) atoms. The van der Waals surface area contributed by atoms with Gasteiger partial charge in [-0.1, -0.05) is 0 Å². The van der Waals surface area contributed by atoms with Crippen molar-refractivity contribution in [1.82, 2.24) is 10.3 Å². The van der Waals surface area contributed by atoms with Crippen molar-refractivity contribution in [3.8, 4) is 0 Å². The highest BCUT2D eigenvalue weighted by Gasteiger charge is 2.17. The number of pyridine rings is 1. The Hall–Kier alpha value is -1.14. The lowest BCUT2D eigenvalue weighted by molar-refractivity contribution is -0.117. The van der Waals surface area contributed by atoms with Gasteiger partial charge in [-0.25, -0.2) is 0 Å². The Labute approximate surface area is 113 Å². The Kier molecular flexibility index (Phi) is 4.54. The first-order valence-electron chi connectivity index (χ1n) is 6.04. The van der Waals surface area contributed by atoms with Crippen LogP contribution in [-0.2, 0) is 4.79 Å². The number of carbonyl (C=O) groups excluding carboxylic acids is 1. The first kappa shape index (κ1) is 13.3.